The van der Waals surface area contributed by atoms with Crippen LogP contribution >= 0.6 is 11.3 Å². The summed E-state index contributed by atoms with van der Waals surface area (Å²) in [6, 6.07) is 10.3. The first-order chi connectivity index (χ1) is 12.0. The summed E-state index contributed by atoms with van der Waals surface area (Å²) in [4.78, 5) is 25.9. The number of amides is 2. The van der Waals surface area contributed by atoms with Crippen molar-refractivity contribution in [2.45, 2.75) is 12.8 Å². The fourth-order valence-electron chi connectivity index (χ4n) is 3.37. The SMILES string of the molecule is COCC(=O)N1CCC(Cc2ccc(-c3ccsc3)cc2)(C(N)=O)C1. The highest BCUT2D eigenvalue weighted by atomic mass is 32.1. The van der Waals surface area contributed by atoms with Gasteiger partial charge in [-0.15, -0.1) is 0 Å². The Balaban J connectivity index is 1.74. The molecule has 0 spiro atoms. The number of nitrogens with zero attached hydrogens (tertiary/aromatic N) is 1. The highest BCUT2D eigenvalue weighted by Crippen LogP contribution is 2.35. The Morgan fingerprint density at radius 3 is 2.60 bits per heavy atom. The third kappa shape index (κ3) is 3.75. The van der Waals surface area contributed by atoms with Gasteiger partial charge in [-0.1, -0.05) is 24.3 Å². The van der Waals surface area contributed by atoms with E-state index in [1.54, 1.807) is 16.2 Å². The average molecular weight is 358 g/mol. The van der Waals surface area contributed by atoms with E-state index < -0.39 is 5.41 Å². The van der Waals surface area contributed by atoms with E-state index in [-0.39, 0.29) is 18.4 Å². The Hall–Kier alpha value is -2.18. The van der Waals surface area contributed by atoms with Gasteiger partial charge in [0.25, 0.3) is 0 Å². The fourth-order valence-corrected chi connectivity index (χ4v) is 4.03. The van der Waals surface area contributed by atoms with Crippen LogP contribution in [-0.2, 0) is 20.7 Å². The first kappa shape index (κ1) is 17.6. The van der Waals surface area contributed by atoms with Crippen molar-refractivity contribution in [3.8, 4) is 11.1 Å². The first-order valence-electron chi connectivity index (χ1n) is 8.22. The summed E-state index contributed by atoms with van der Waals surface area (Å²) in [6.07, 6.45) is 1.13. The molecule has 2 amide bonds. The molecule has 1 fully saturated rings. The number of thiophene rings is 1. The monoisotopic (exact) mass is 358 g/mol. The highest BCUT2D eigenvalue weighted by Gasteiger charge is 2.44. The van der Waals surface area contributed by atoms with Crippen LogP contribution in [0.3, 0.4) is 0 Å². The van der Waals surface area contributed by atoms with E-state index in [0.717, 1.165) is 11.1 Å². The number of primary amides is 1. The lowest BCUT2D eigenvalue weighted by molar-refractivity contribution is -0.135. The lowest BCUT2D eigenvalue weighted by Crippen LogP contribution is -2.43. The molecular weight excluding hydrogens is 336 g/mol. The third-order valence-corrected chi connectivity index (χ3v) is 5.53. The molecule has 1 aliphatic heterocycles. The molecule has 1 unspecified atom stereocenters. The molecule has 2 heterocycles. The number of ether oxygens (including phenoxy) is 1. The molecule has 2 N–H and O–H groups in total. The Kier molecular flexibility index (Phi) is 5.20. The minimum absolute atomic E-state index is 0.0319. The van der Waals surface area contributed by atoms with E-state index in [9.17, 15) is 9.59 Å². The molecule has 6 heteroatoms. The zero-order valence-corrected chi connectivity index (χ0v) is 15.1. The molecule has 1 aromatic heterocycles. The van der Waals surface area contributed by atoms with Gasteiger partial charge in [0, 0.05) is 20.2 Å². The zero-order chi connectivity index (χ0) is 17.9. The van der Waals surface area contributed by atoms with E-state index in [0.29, 0.717) is 25.9 Å². The number of carbonyl (C=O) groups is 2. The van der Waals surface area contributed by atoms with E-state index in [1.165, 1.54) is 12.7 Å². The lowest BCUT2D eigenvalue weighted by Gasteiger charge is -2.26. The van der Waals surface area contributed by atoms with Crippen molar-refractivity contribution in [3.05, 3.63) is 46.7 Å². The number of nitrogens with two attached hydrogens (primary N) is 1. The third-order valence-electron chi connectivity index (χ3n) is 4.85. The molecule has 0 saturated carbocycles. The van der Waals surface area contributed by atoms with Crippen molar-refractivity contribution in [3.63, 3.8) is 0 Å². The summed E-state index contributed by atoms with van der Waals surface area (Å²) in [5.74, 6) is -0.444. The molecule has 1 aromatic carbocycles. The molecule has 1 saturated heterocycles. The van der Waals surface area contributed by atoms with Gasteiger partial charge in [-0.05, 0) is 46.4 Å². The van der Waals surface area contributed by atoms with Gasteiger partial charge >= 0.3 is 0 Å². The van der Waals surface area contributed by atoms with Crippen molar-refractivity contribution >= 4 is 23.2 Å². The summed E-state index contributed by atoms with van der Waals surface area (Å²) < 4.78 is 4.90. The summed E-state index contributed by atoms with van der Waals surface area (Å²) in [6.45, 7) is 0.930. The molecular formula is C19H22N2O3S. The summed E-state index contributed by atoms with van der Waals surface area (Å²) >= 11 is 1.67. The van der Waals surface area contributed by atoms with Crippen molar-refractivity contribution in [1.29, 1.82) is 0 Å². The van der Waals surface area contributed by atoms with Gasteiger partial charge in [0.05, 0.1) is 5.41 Å². The van der Waals surface area contributed by atoms with Crippen LogP contribution in [0.25, 0.3) is 11.1 Å². The van der Waals surface area contributed by atoms with E-state index in [4.69, 9.17) is 10.5 Å². The van der Waals surface area contributed by atoms with E-state index >= 15 is 0 Å². The maximum Gasteiger partial charge on any atom is 0.248 e. The summed E-state index contributed by atoms with van der Waals surface area (Å²) in [5, 5.41) is 4.16. The normalized spacial score (nSPS) is 20.0. The second-order valence-corrected chi connectivity index (χ2v) is 7.31. The van der Waals surface area contributed by atoms with Crippen molar-refractivity contribution in [2.75, 3.05) is 26.8 Å². The zero-order valence-electron chi connectivity index (χ0n) is 14.2. The van der Waals surface area contributed by atoms with Crippen LogP contribution in [0.4, 0.5) is 0 Å². The smallest absolute Gasteiger partial charge is 0.248 e. The molecule has 5 nitrogen and oxygen atoms in total. The number of rotatable bonds is 6. The Morgan fingerprint density at radius 1 is 1.24 bits per heavy atom. The van der Waals surface area contributed by atoms with Gasteiger partial charge in [-0.2, -0.15) is 11.3 Å². The van der Waals surface area contributed by atoms with Crippen LogP contribution in [-0.4, -0.2) is 43.5 Å². The Morgan fingerprint density at radius 2 is 2.00 bits per heavy atom. The van der Waals surface area contributed by atoms with Crippen molar-refractivity contribution in [2.24, 2.45) is 11.1 Å². The van der Waals surface area contributed by atoms with Crippen LogP contribution in [0, 0.1) is 5.41 Å². The van der Waals surface area contributed by atoms with Crippen LogP contribution < -0.4 is 5.73 Å². The standard InChI is InChI=1S/C19H22N2O3S/c1-24-11-17(22)21-8-7-19(13-21,18(20)23)10-14-2-4-15(5-3-14)16-6-9-25-12-16/h2-6,9,12H,7-8,10-11,13H2,1H3,(H2,20,23). The van der Waals surface area contributed by atoms with E-state index in [1.807, 2.05) is 12.1 Å². The Bertz CT molecular complexity index is 743. The van der Waals surface area contributed by atoms with Gasteiger partial charge in [0.15, 0.2) is 0 Å². The van der Waals surface area contributed by atoms with E-state index in [2.05, 4.69) is 29.0 Å². The molecule has 0 bridgehead atoms. The predicted octanol–water partition coefficient (Wildman–Crippen LogP) is 2.31. The van der Waals surface area contributed by atoms with Gasteiger partial charge in [0.1, 0.15) is 6.61 Å². The molecule has 1 atom stereocenters. The lowest BCUT2D eigenvalue weighted by atomic mass is 9.80. The number of benzene rings is 1. The molecule has 0 aliphatic carbocycles. The van der Waals surface area contributed by atoms with Crippen LogP contribution in [0.5, 0.6) is 0 Å². The van der Waals surface area contributed by atoms with Crippen LogP contribution in [0.2, 0.25) is 0 Å². The summed E-state index contributed by atoms with van der Waals surface area (Å²) in [7, 11) is 1.49. The quantitative estimate of drug-likeness (QED) is 0.861. The number of carbonyl (C=O) groups excluding carboxylic acids is 2. The Labute approximate surface area is 151 Å². The number of methoxy groups -OCH3 is 1. The van der Waals surface area contributed by atoms with Crippen LogP contribution in [0.1, 0.15) is 12.0 Å². The number of hydrogen-bond donors (Lipinski definition) is 1. The maximum atomic E-state index is 12.2. The van der Waals surface area contributed by atoms with Gasteiger partial charge in [-0.3, -0.25) is 9.59 Å². The average Bonchev–Trinajstić information content (AvgIpc) is 3.26. The van der Waals surface area contributed by atoms with Crippen LogP contribution in [0.15, 0.2) is 41.1 Å². The van der Waals surface area contributed by atoms with Gasteiger partial charge in [0.2, 0.25) is 11.8 Å². The predicted molar refractivity (Wildman–Crippen MR) is 98.2 cm³/mol. The molecule has 132 valence electrons. The highest BCUT2D eigenvalue weighted by molar-refractivity contribution is 7.08. The minimum Gasteiger partial charge on any atom is -0.375 e. The number of likely N-dealkylation sites (tertiary alicyclic amines) is 1. The second kappa shape index (κ2) is 7.37. The molecule has 3 rings (SSSR count). The number of hydrogen-bond acceptors (Lipinski definition) is 4. The van der Waals surface area contributed by atoms with Crippen molar-refractivity contribution < 1.29 is 14.3 Å². The maximum absolute atomic E-state index is 12.2. The second-order valence-electron chi connectivity index (χ2n) is 6.53. The van der Waals surface area contributed by atoms with Gasteiger partial charge < -0.3 is 15.4 Å². The van der Waals surface area contributed by atoms with Crippen molar-refractivity contribution in [1.82, 2.24) is 4.90 Å². The molecule has 25 heavy (non-hydrogen) atoms. The summed E-state index contributed by atoms with van der Waals surface area (Å²) in [5.41, 5.74) is 8.42. The van der Waals surface area contributed by atoms with Gasteiger partial charge in [-0.25, -0.2) is 0 Å². The minimum atomic E-state index is -0.701. The molecule has 2 aromatic rings. The molecule has 0 radical (unpaired) electrons. The topological polar surface area (TPSA) is 72.6 Å². The largest absolute Gasteiger partial charge is 0.375 e. The first-order valence-corrected chi connectivity index (χ1v) is 9.16. The molecule has 1 aliphatic rings. The fraction of sp³-hybridized carbons (Fsp3) is 0.368.